The molecule has 41 heavy (non-hydrogen) atoms. The second-order valence-corrected chi connectivity index (χ2v) is 10.3. The highest BCUT2D eigenvalue weighted by Gasteiger charge is 2.36. The Labute approximate surface area is 245 Å². The van der Waals surface area contributed by atoms with Crippen molar-refractivity contribution in [2.24, 2.45) is 0 Å². The number of carboxylic acid groups (broad SMARTS) is 2. The van der Waals surface area contributed by atoms with Gasteiger partial charge in [0.1, 0.15) is 6.61 Å². The summed E-state index contributed by atoms with van der Waals surface area (Å²) in [6.07, 6.45) is 3.27. The average molecular weight is 584 g/mol. The lowest BCUT2D eigenvalue weighted by Gasteiger charge is -2.23. The number of amides is 1. The van der Waals surface area contributed by atoms with Gasteiger partial charge >= 0.3 is 11.9 Å². The monoisotopic (exact) mass is 583 g/mol. The van der Waals surface area contributed by atoms with Gasteiger partial charge in [0.05, 0.1) is 0 Å². The first-order valence-electron chi connectivity index (χ1n) is 14.0. The molecule has 3 rings (SSSR count). The normalized spacial score (nSPS) is 12.6. The van der Waals surface area contributed by atoms with Crippen LogP contribution in [0.15, 0.2) is 66.7 Å². The molecule has 2 atom stereocenters. The Morgan fingerprint density at radius 1 is 0.756 bits per heavy atom. The molecular weight excluding hydrogens is 546 g/mol. The Bertz CT molecular complexity index is 1280. The van der Waals surface area contributed by atoms with Crippen molar-refractivity contribution in [1.29, 1.82) is 0 Å². The van der Waals surface area contributed by atoms with Gasteiger partial charge in [-0.25, -0.2) is 9.59 Å². The molecule has 2 unspecified atom stereocenters. The number of ether oxygens (including phenoxy) is 2. The van der Waals surface area contributed by atoms with Crippen LogP contribution in [0.5, 0.6) is 0 Å². The van der Waals surface area contributed by atoms with Gasteiger partial charge in [0.25, 0.3) is 5.91 Å². The Hall–Kier alpha value is -3.46. The highest BCUT2D eigenvalue weighted by atomic mass is 35.5. The zero-order valence-electron chi connectivity index (χ0n) is 23.1. The van der Waals surface area contributed by atoms with Gasteiger partial charge in [0, 0.05) is 18.2 Å². The average Bonchev–Trinajstić information content (AvgIpc) is 2.96. The molecule has 0 saturated heterocycles. The Balaban J connectivity index is 1.43. The van der Waals surface area contributed by atoms with Crippen LogP contribution in [0.4, 0.5) is 0 Å². The van der Waals surface area contributed by atoms with Crippen molar-refractivity contribution in [3.63, 3.8) is 0 Å². The number of carboxylic acids is 2. The van der Waals surface area contributed by atoms with Gasteiger partial charge in [-0.3, -0.25) is 4.79 Å². The maximum atomic E-state index is 12.9. The predicted octanol–water partition coefficient (Wildman–Crippen LogP) is 5.67. The fourth-order valence-corrected chi connectivity index (χ4v) is 4.82. The minimum atomic E-state index is -1.73. The summed E-state index contributed by atoms with van der Waals surface area (Å²) in [4.78, 5) is 35.7. The third kappa shape index (κ3) is 11.1. The zero-order chi connectivity index (χ0) is 29.5. The third-order valence-electron chi connectivity index (χ3n) is 6.76. The van der Waals surface area contributed by atoms with Gasteiger partial charge in [-0.1, -0.05) is 85.1 Å². The molecule has 3 N–H and O–H groups in total. The van der Waals surface area contributed by atoms with Crippen molar-refractivity contribution in [2.75, 3.05) is 19.8 Å². The number of benzene rings is 3. The SMILES string of the molecule is O=C(O)COC(C(=O)O)C(OCCCCCc1ccccc1Cl)C(=O)NCCCCCc1ccc2ccccc2c1. The van der Waals surface area contributed by atoms with Gasteiger partial charge in [-0.15, -0.1) is 0 Å². The molecule has 0 fully saturated rings. The van der Waals surface area contributed by atoms with E-state index >= 15 is 0 Å². The van der Waals surface area contributed by atoms with E-state index in [2.05, 4.69) is 35.6 Å². The summed E-state index contributed by atoms with van der Waals surface area (Å²) < 4.78 is 10.7. The van der Waals surface area contributed by atoms with Crippen LogP contribution in [0, 0.1) is 0 Å². The van der Waals surface area contributed by atoms with Gasteiger partial charge in [-0.05, 0) is 66.5 Å². The molecule has 0 heterocycles. The number of hydrogen-bond donors (Lipinski definition) is 3. The summed E-state index contributed by atoms with van der Waals surface area (Å²) in [5, 5.41) is 24.4. The zero-order valence-corrected chi connectivity index (χ0v) is 23.9. The van der Waals surface area contributed by atoms with Crippen molar-refractivity contribution in [3.8, 4) is 0 Å². The van der Waals surface area contributed by atoms with E-state index in [4.69, 9.17) is 26.2 Å². The molecule has 3 aromatic rings. The first kappa shape index (κ1) is 32.1. The maximum Gasteiger partial charge on any atom is 0.336 e. The highest BCUT2D eigenvalue weighted by Crippen LogP contribution is 2.19. The number of nitrogens with one attached hydrogen (secondary N) is 1. The standard InChI is InChI=1S/C32H38ClNO7/c33-27-16-8-7-14-25(27)13-4-2-10-20-40-29(30(32(38)39)41-22-28(35)36)31(37)34-19-9-1-3-11-23-17-18-24-12-5-6-15-26(24)21-23/h5-8,12,14-18,21,29-30H,1-4,9-11,13,19-20,22H2,(H,34,37)(H,35,36)(H,38,39). The summed E-state index contributed by atoms with van der Waals surface area (Å²) in [6, 6.07) is 22.3. The molecular formula is C32H38ClNO7. The second kappa shape index (κ2) is 17.4. The molecule has 0 bridgehead atoms. The van der Waals surface area contributed by atoms with Crippen LogP contribution in [0.1, 0.15) is 49.7 Å². The van der Waals surface area contributed by atoms with E-state index in [9.17, 15) is 19.5 Å². The van der Waals surface area contributed by atoms with Gasteiger partial charge in [0.2, 0.25) is 0 Å². The number of aryl methyl sites for hydroxylation is 2. The first-order valence-corrected chi connectivity index (χ1v) is 14.4. The fourth-order valence-electron chi connectivity index (χ4n) is 4.59. The molecule has 9 heteroatoms. The molecule has 0 aliphatic carbocycles. The van der Waals surface area contributed by atoms with Gasteiger partial charge in [-0.2, -0.15) is 0 Å². The van der Waals surface area contributed by atoms with Crippen molar-refractivity contribution >= 4 is 40.2 Å². The van der Waals surface area contributed by atoms with Gasteiger partial charge in [0.15, 0.2) is 12.2 Å². The number of carbonyl (C=O) groups is 3. The van der Waals surface area contributed by atoms with Crippen molar-refractivity contribution in [2.45, 2.75) is 63.6 Å². The second-order valence-electron chi connectivity index (χ2n) is 9.94. The first-order chi connectivity index (χ1) is 19.8. The summed E-state index contributed by atoms with van der Waals surface area (Å²) in [7, 11) is 0. The lowest BCUT2D eigenvalue weighted by atomic mass is 10.0. The minimum Gasteiger partial charge on any atom is -0.480 e. The van der Waals surface area contributed by atoms with E-state index in [0.717, 1.165) is 44.1 Å². The number of aliphatic carboxylic acids is 2. The van der Waals surface area contributed by atoms with E-state index in [1.807, 2.05) is 36.4 Å². The number of unbranched alkanes of at least 4 members (excludes halogenated alkanes) is 4. The molecule has 8 nitrogen and oxygen atoms in total. The van der Waals surface area contributed by atoms with E-state index in [0.29, 0.717) is 24.4 Å². The number of hydrogen-bond acceptors (Lipinski definition) is 5. The fraction of sp³-hybridized carbons (Fsp3) is 0.406. The molecule has 0 radical (unpaired) electrons. The molecule has 0 aliphatic heterocycles. The predicted molar refractivity (Wildman–Crippen MR) is 158 cm³/mol. The molecule has 0 aliphatic rings. The van der Waals surface area contributed by atoms with Crippen LogP contribution in [0.25, 0.3) is 10.8 Å². The van der Waals surface area contributed by atoms with Crippen LogP contribution >= 0.6 is 11.6 Å². The number of fused-ring (bicyclic) bond motifs is 1. The van der Waals surface area contributed by atoms with E-state index in [-0.39, 0.29) is 6.61 Å². The largest absolute Gasteiger partial charge is 0.480 e. The summed E-state index contributed by atoms with van der Waals surface area (Å²) >= 11 is 6.19. The summed E-state index contributed by atoms with van der Waals surface area (Å²) in [6.45, 7) is -0.372. The minimum absolute atomic E-state index is 0.132. The molecule has 0 spiro atoms. The molecule has 1 amide bonds. The maximum absolute atomic E-state index is 12.9. The Morgan fingerprint density at radius 3 is 2.22 bits per heavy atom. The van der Waals surface area contributed by atoms with Crippen LogP contribution in [-0.2, 0) is 36.7 Å². The van der Waals surface area contributed by atoms with E-state index < -0.39 is 36.7 Å². The lowest BCUT2D eigenvalue weighted by molar-refractivity contribution is -0.172. The third-order valence-corrected chi connectivity index (χ3v) is 7.13. The smallest absolute Gasteiger partial charge is 0.336 e. The van der Waals surface area contributed by atoms with E-state index in [1.165, 1.54) is 16.3 Å². The molecule has 3 aromatic carbocycles. The van der Waals surface area contributed by atoms with Crippen LogP contribution in [0.3, 0.4) is 0 Å². The van der Waals surface area contributed by atoms with Crippen molar-refractivity contribution in [1.82, 2.24) is 5.32 Å². The summed E-state index contributed by atoms with van der Waals surface area (Å²) in [5.74, 6) is -3.42. The Kier molecular flexibility index (Phi) is 13.6. The molecule has 0 aromatic heterocycles. The quantitative estimate of drug-likeness (QED) is 0.155. The summed E-state index contributed by atoms with van der Waals surface area (Å²) in [5.41, 5.74) is 2.31. The molecule has 220 valence electrons. The van der Waals surface area contributed by atoms with E-state index in [1.54, 1.807) is 0 Å². The topological polar surface area (TPSA) is 122 Å². The number of halogens is 1. The van der Waals surface area contributed by atoms with Crippen molar-refractivity contribution < 1.29 is 34.1 Å². The van der Waals surface area contributed by atoms with Crippen LogP contribution in [-0.4, -0.2) is 60.0 Å². The lowest BCUT2D eigenvalue weighted by Crippen LogP contribution is -2.49. The van der Waals surface area contributed by atoms with Crippen LogP contribution in [0.2, 0.25) is 5.02 Å². The Morgan fingerprint density at radius 2 is 1.46 bits per heavy atom. The number of rotatable bonds is 19. The van der Waals surface area contributed by atoms with Crippen molar-refractivity contribution in [3.05, 3.63) is 82.9 Å². The number of carbonyl (C=O) groups excluding carboxylic acids is 1. The highest BCUT2D eigenvalue weighted by molar-refractivity contribution is 6.31. The van der Waals surface area contributed by atoms with Gasteiger partial charge < -0.3 is 25.0 Å². The molecule has 0 saturated carbocycles. The van der Waals surface area contributed by atoms with Crippen LogP contribution < -0.4 is 5.32 Å².